The Bertz CT molecular complexity index is 822. The first-order chi connectivity index (χ1) is 15.5. The van der Waals surface area contributed by atoms with Crippen molar-refractivity contribution in [1.29, 1.82) is 0 Å². The number of hydrogen-bond acceptors (Lipinski definition) is 4. The van der Waals surface area contributed by atoms with Gasteiger partial charge in [-0.1, -0.05) is 54.6 Å². The van der Waals surface area contributed by atoms with Crippen LogP contribution in [0.3, 0.4) is 0 Å². The van der Waals surface area contributed by atoms with Gasteiger partial charge in [0.25, 0.3) is 0 Å². The first-order valence-electron chi connectivity index (χ1n) is 11.7. The van der Waals surface area contributed by atoms with Crippen LogP contribution in [0.25, 0.3) is 0 Å². The molecule has 3 N–H and O–H groups in total. The van der Waals surface area contributed by atoms with Gasteiger partial charge in [-0.15, -0.1) is 24.0 Å². The van der Waals surface area contributed by atoms with E-state index in [1.807, 2.05) is 30.3 Å². The van der Waals surface area contributed by atoms with Gasteiger partial charge in [-0.2, -0.15) is 0 Å². The number of nitrogens with zero attached hydrogens (tertiary/aromatic N) is 2. The maximum absolute atomic E-state index is 10.3. The number of guanidine groups is 1. The number of halogens is 1. The molecule has 33 heavy (non-hydrogen) atoms. The molecule has 3 atom stereocenters. The molecule has 6 nitrogen and oxygen atoms in total. The fourth-order valence-electron chi connectivity index (χ4n) is 4.10. The SMILES string of the molecule is CCNC(=NCc1ccc(CN2CC(C)OC(C)C2)cc1)NCCC(O)c1ccccc1.I. The Balaban J connectivity index is 0.00000385. The van der Waals surface area contributed by atoms with Crippen molar-refractivity contribution in [3.8, 4) is 0 Å². The van der Waals surface area contributed by atoms with Gasteiger partial charge in [-0.25, -0.2) is 4.99 Å². The molecule has 3 rings (SSSR count). The van der Waals surface area contributed by atoms with Gasteiger partial charge in [0.15, 0.2) is 5.96 Å². The van der Waals surface area contributed by atoms with Crippen LogP contribution in [0.2, 0.25) is 0 Å². The zero-order chi connectivity index (χ0) is 22.8. The molecule has 0 spiro atoms. The lowest BCUT2D eigenvalue weighted by molar-refractivity contribution is -0.0704. The molecule has 0 aromatic heterocycles. The summed E-state index contributed by atoms with van der Waals surface area (Å²) in [5.74, 6) is 0.771. The van der Waals surface area contributed by atoms with Gasteiger partial charge in [0.1, 0.15) is 0 Å². The second-order valence-electron chi connectivity index (χ2n) is 8.60. The maximum atomic E-state index is 10.3. The van der Waals surface area contributed by atoms with E-state index in [0.717, 1.165) is 37.7 Å². The molecule has 0 saturated carbocycles. The summed E-state index contributed by atoms with van der Waals surface area (Å²) in [4.78, 5) is 7.17. The summed E-state index contributed by atoms with van der Waals surface area (Å²) >= 11 is 0. The van der Waals surface area contributed by atoms with Gasteiger partial charge in [0, 0.05) is 32.7 Å². The number of benzene rings is 2. The van der Waals surface area contributed by atoms with Crippen LogP contribution in [0, 0.1) is 0 Å². The zero-order valence-electron chi connectivity index (χ0n) is 20.0. The van der Waals surface area contributed by atoms with Gasteiger partial charge in [0.2, 0.25) is 0 Å². The van der Waals surface area contributed by atoms with Crippen molar-refractivity contribution in [3.05, 3.63) is 71.3 Å². The standard InChI is InChI=1S/C26H38N4O2.HI/c1-4-27-26(28-15-14-25(31)24-8-6-5-7-9-24)29-16-22-10-12-23(13-11-22)19-30-17-20(2)32-21(3)18-30;/h5-13,20-21,25,31H,4,14-19H2,1-3H3,(H2,27,28,29);1H. The van der Waals surface area contributed by atoms with E-state index in [2.05, 4.69) is 60.6 Å². The number of aliphatic hydroxyl groups excluding tert-OH is 1. The Hall–Kier alpha value is -1.68. The van der Waals surface area contributed by atoms with Crippen molar-refractivity contribution in [2.24, 2.45) is 4.99 Å². The van der Waals surface area contributed by atoms with Crippen LogP contribution in [0.5, 0.6) is 0 Å². The largest absolute Gasteiger partial charge is 0.388 e. The van der Waals surface area contributed by atoms with Gasteiger partial charge in [-0.3, -0.25) is 4.90 Å². The molecule has 2 aromatic rings. The van der Waals surface area contributed by atoms with Crippen LogP contribution >= 0.6 is 24.0 Å². The average molecular weight is 567 g/mol. The van der Waals surface area contributed by atoms with Crippen LogP contribution in [-0.2, 0) is 17.8 Å². The monoisotopic (exact) mass is 566 g/mol. The topological polar surface area (TPSA) is 69.1 Å². The summed E-state index contributed by atoms with van der Waals surface area (Å²) in [7, 11) is 0. The van der Waals surface area contributed by atoms with E-state index in [0.29, 0.717) is 19.5 Å². The van der Waals surface area contributed by atoms with Crippen molar-refractivity contribution < 1.29 is 9.84 Å². The van der Waals surface area contributed by atoms with Crippen molar-refractivity contribution in [2.75, 3.05) is 26.2 Å². The van der Waals surface area contributed by atoms with Crippen molar-refractivity contribution >= 4 is 29.9 Å². The Kier molecular flexibility index (Phi) is 12.2. The molecule has 182 valence electrons. The van der Waals surface area contributed by atoms with Gasteiger partial charge in [0.05, 0.1) is 24.9 Å². The van der Waals surface area contributed by atoms with E-state index >= 15 is 0 Å². The number of aliphatic imine (C=N–C) groups is 1. The zero-order valence-corrected chi connectivity index (χ0v) is 22.4. The maximum Gasteiger partial charge on any atom is 0.191 e. The molecule has 1 saturated heterocycles. The van der Waals surface area contributed by atoms with Crippen molar-refractivity contribution in [2.45, 2.75) is 58.6 Å². The predicted octanol–water partition coefficient (Wildman–Crippen LogP) is 4.09. The summed E-state index contributed by atoms with van der Waals surface area (Å²) in [6.45, 7) is 11.3. The highest BCUT2D eigenvalue weighted by molar-refractivity contribution is 14.0. The fourth-order valence-corrected chi connectivity index (χ4v) is 4.10. The minimum atomic E-state index is -0.475. The lowest BCUT2D eigenvalue weighted by Gasteiger charge is -2.35. The van der Waals surface area contributed by atoms with Gasteiger partial charge in [-0.05, 0) is 43.9 Å². The summed E-state index contributed by atoms with van der Waals surface area (Å²) < 4.78 is 5.83. The highest BCUT2D eigenvalue weighted by Gasteiger charge is 2.21. The minimum absolute atomic E-state index is 0. The fraction of sp³-hybridized carbons (Fsp3) is 0.500. The highest BCUT2D eigenvalue weighted by Crippen LogP contribution is 2.16. The molecular weight excluding hydrogens is 527 g/mol. The predicted molar refractivity (Wildman–Crippen MR) is 146 cm³/mol. The van der Waals surface area contributed by atoms with E-state index in [9.17, 15) is 5.11 Å². The second kappa shape index (κ2) is 14.6. The molecule has 1 aliphatic heterocycles. The van der Waals surface area contributed by atoms with E-state index < -0.39 is 6.10 Å². The van der Waals surface area contributed by atoms with Crippen LogP contribution in [0.15, 0.2) is 59.6 Å². The quantitative estimate of drug-likeness (QED) is 0.243. The number of ether oxygens (including phenoxy) is 1. The number of rotatable bonds is 9. The lowest BCUT2D eigenvalue weighted by atomic mass is 10.1. The van der Waals surface area contributed by atoms with Gasteiger partial charge < -0.3 is 20.5 Å². The molecule has 1 heterocycles. The van der Waals surface area contributed by atoms with Crippen LogP contribution < -0.4 is 10.6 Å². The van der Waals surface area contributed by atoms with Crippen molar-refractivity contribution in [1.82, 2.24) is 15.5 Å². The molecule has 0 bridgehead atoms. The summed E-state index contributed by atoms with van der Waals surface area (Å²) in [6, 6.07) is 18.5. The van der Waals surface area contributed by atoms with E-state index in [4.69, 9.17) is 9.73 Å². The molecule has 0 amide bonds. The Morgan fingerprint density at radius 1 is 1.03 bits per heavy atom. The van der Waals surface area contributed by atoms with Crippen LogP contribution in [-0.4, -0.2) is 54.4 Å². The smallest absolute Gasteiger partial charge is 0.191 e. The van der Waals surface area contributed by atoms with Crippen molar-refractivity contribution in [3.63, 3.8) is 0 Å². The molecule has 1 aliphatic rings. The summed E-state index contributed by atoms with van der Waals surface area (Å²) in [5.41, 5.74) is 3.44. The highest BCUT2D eigenvalue weighted by atomic mass is 127. The Morgan fingerprint density at radius 3 is 2.30 bits per heavy atom. The lowest BCUT2D eigenvalue weighted by Crippen LogP contribution is -2.44. The number of aliphatic hydroxyl groups is 1. The van der Waals surface area contributed by atoms with E-state index in [1.54, 1.807) is 0 Å². The van der Waals surface area contributed by atoms with Gasteiger partial charge >= 0.3 is 0 Å². The first kappa shape index (κ1) is 27.6. The summed E-state index contributed by atoms with van der Waals surface area (Å²) in [5, 5.41) is 16.9. The first-order valence-corrected chi connectivity index (χ1v) is 11.7. The number of nitrogens with one attached hydrogen (secondary N) is 2. The molecule has 1 fully saturated rings. The molecule has 3 unspecified atom stereocenters. The van der Waals surface area contributed by atoms with E-state index in [1.165, 1.54) is 11.1 Å². The molecule has 0 radical (unpaired) electrons. The third-order valence-electron chi connectivity index (χ3n) is 5.58. The molecule has 2 aromatic carbocycles. The second-order valence-corrected chi connectivity index (χ2v) is 8.60. The Morgan fingerprint density at radius 2 is 1.67 bits per heavy atom. The Labute approximate surface area is 215 Å². The molecule has 0 aliphatic carbocycles. The molecular formula is C26H39IN4O2. The van der Waals surface area contributed by atoms with Crippen LogP contribution in [0.1, 0.15) is 50.0 Å². The van der Waals surface area contributed by atoms with E-state index in [-0.39, 0.29) is 36.2 Å². The summed E-state index contributed by atoms with van der Waals surface area (Å²) in [6.07, 6.45) is 0.731. The third-order valence-corrected chi connectivity index (χ3v) is 5.58. The van der Waals surface area contributed by atoms with Crippen LogP contribution in [0.4, 0.5) is 0 Å². The normalized spacial score (nSPS) is 20.1. The third kappa shape index (κ3) is 9.60. The molecule has 7 heteroatoms. The number of hydrogen-bond donors (Lipinski definition) is 3. The number of morpholine rings is 1. The minimum Gasteiger partial charge on any atom is -0.388 e. The average Bonchev–Trinajstić information content (AvgIpc) is 2.78.